The van der Waals surface area contributed by atoms with E-state index in [-0.39, 0.29) is 36.1 Å². The summed E-state index contributed by atoms with van der Waals surface area (Å²) < 4.78 is 37.6. The number of amides is 1. The topological polar surface area (TPSA) is 93.2 Å². The first kappa shape index (κ1) is 21.7. The Morgan fingerprint density at radius 3 is 2.62 bits per heavy atom. The van der Waals surface area contributed by atoms with Crippen LogP contribution in [0.15, 0.2) is 23.1 Å². The van der Waals surface area contributed by atoms with Crippen LogP contribution < -0.4 is 0 Å². The van der Waals surface area contributed by atoms with Gasteiger partial charge in [0.1, 0.15) is 0 Å². The van der Waals surface area contributed by atoms with Gasteiger partial charge in [0.25, 0.3) is 5.91 Å². The second-order valence-electron chi connectivity index (χ2n) is 7.66. The van der Waals surface area contributed by atoms with Crippen LogP contribution in [0.2, 0.25) is 0 Å². The highest BCUT2D eigenvalue weighted by molar-refractivity contribution is 7.89. The van der Waals surface area contributed by atoms with Crippen LogP contribution in [0.3, 0.4) is 0 Å². The van der Waals surface area contributed by atoms with E-state index in [4.69, 9.17) is 9.47 Å². The van der Waals surface area contributed by atoms with Crippen molar-refractivity contribution in [3.63, 3.8) is 0 Å². The number of benzene rings is 1. The fraction of sp³-hybridized carbons (Fsp3) is 0.600. The van der Waals surface area contributed by atoms with Crippen molar-refractivity contribution in [2.24, 2.45) is 5.92 Å². The van der Waals surface area contributed by atoms with Crippen molar-refractivity contribution >= 4 is 21.9 Å². The first-order chi connectivity index (χ1) is 13.8. The first-order valence-electron chi connectivity index (χ1n) is 9.92. The number of hydrogen-bond acceptors (Lipinski definition) is 6. The Hall–Kier alpha value is -1.97. The number of hydrogen-bond donors (Lipinski definition) is 0. The highest BCUT2D eigenvalue weighted by Crippen LogP contribution is 2.23. The zero-order valence-corrected chi connectivity index (χ0v) is 17.7. The van der Waals surface area contributed by atoms with Crippen LogP contribution in [-0.4, -0.2) is 75.5 Å². The molecule has 0 spiro atoms. The molecule has 0 radical (unpaired) electrons. The monoisotopic (exact) mass is 424 g/mol. The number of carbonyl (C=O) groups is 2. The molecule has 160 valence electrons. The lowest BCUT2D eigenvalue weighted by Crippen LogP contribution is -2.41. The summed E-state index contributed by atoms with van der Waals surface area (Å²) in [5.41, 5.74) is 0.661. The Bertz CT molecular complexity index is 864. The molecule has 2 aliphatic heterocycles. The maximum absolute atomic E-state index is 12.9. The molecule has 0 aromatic heterocycles. The van der Waals surface area contributed by atoms with E-state index in [0.717, 1.165) is 12.8 Å². The van der Waals surface area contributed by atoms with E-state index >= 15 is 0 Å². The van der Waals surface area contributed by atoms with Crippen molar-refractivity contribution < 1.29 is 27.5 Å². The molecule has 2 fully saturated rings. The lowest BCUT2D eigenvalue weighted by atomic mass is 10.0. The van der Waals surface area contributed by atoms with E-state index in [9.17, 15) is 18.0 Å². The van der Waals surface area contributed by atoms with Crippen LogP contribution in [0.25, 0.3) is 0 Å². The predicted octanol–water partition coefficient (Wildman–Crippen LogP) is 1.43. The number of aryl methyl sites for hydroxylation is 1. The maximum atomic E-state index is 12.9. The highest BCUT2D eigenvalue weighted by atomic mass is 32.2. The summed E-state index contributed by atoms with van der Waals surface area (Å²) in [5, 5.41) is 0. The zero-order chi connectivity index (χ0) is 21.0. The average molecular weight is 425 g/mol. The third-order valence-electron chi connectivity index (χ3n) is 5.35. The molecule has 0 unspecified atom stereocenters. The number of ether oxygens (including phenoxy) is 2. The molecule has 1 atom stereocenters. The number of nitrogens with zero attached hydrogens (tertiary/aromatic N) is 2. The largest absolute Gasteiger partial charge is 0.452 e. The lowest BCUT2D eigenvalue weighted by molar-refractivity contribution is -0.136. The van der Waals surface area contributed by atoms with E-state index in [1.165, 1.54) is 16.4 Å². The van der Waals surface area contributed by atoms with Crippen LogP contribution in [-0.2, 0) is 24.3 Å². The Balaban J connectivity index is 1.68. The van der Waals surface area contributed by atoms with E-state index in [1.54, 1.807) is 17.9 Å². The molecule has 0 N–H and O–H groups in total. The first-order valence-corrected chi connectivity index (χ1v) is 11.4. The van der Waals surface area contributed by atoms with Crippen molar-refractivity contribution in [2.45, 2.75) is 31.6 Å². The van der Waals surface area contributed by atoms with Gasteiger partial charge in [-0.1, -0.05) is 13.0 Å². The van der Waals surface area contributed by atoms with Crippen molar-refractivity contribution in [1.29, 1.82) is 0 Å². The predicted molar refractivity (Wildman–Crippen MR) is 106 cm³/mol. The van der Waals surface area contributed by atoms with Crippen molar-refractivity contribution in [1.82, 2.24) is 9.21 Å². The second-order valence-corrected chi connectivity index (χ2v) is 9.57. The molecule has 3 rings (SSSR count). The molecular weight excluding hydrogens is 396 g/mol. The summed E-state index contributed by atoms with van der Waals surface area (Å²) in [6.07, 6.45) is 2.04. The minimum Gasteiger partial charge on any atom is -0.452 e. The molecule has 1 aromatic rings. The van der Waals surface area contributed by atoms with Gasteiger partial charge in [-0.05, 0) is 43.4 Å². The molecular formula is C20H28N2O6S. The molecule has 2 heterocycles. The minimum absolute atomic E-state index is 0.0741. The van der Waals surface area contributed by atoms with Crippen LogP contribution in [0.1, 0.15) is 35.7 Å². The summed E-state index contributed by atoms with van der Waals surface area (Å²) in [6.45, 7) is 6.02. The molecule has 0 bridgehead atoms. The molecule has 2 saturated heterocycles. The van der Waals surface area contributed by atoms with Crippen LogP contribution in [0.5, 0.6) is 0 Å². The Labute approximate surface area is 171 Å². The molecule has 1 amide bonds. The SMILES string of the molecule is Cc1ccc(C(=O)OCC(=O)N2CCC[C@@H](C)C2)cc1S(=O)(=O)N1CCOCC1. The number of likely N-dealkylation sites (tertiary alicyclic amines) is 1. The molecule has 29 heavy (non-hydrogen) atoms. The van der Waals surface area contributed by atoms with Crippen molar-refractivity contribution in [2.75, 3.05) is 46.0 Å². The molecule has 9 heteroatoms. The van der Waals surface area contributed by atoms with Crippen molar-refractivity contribution in [3.8, 4) is 0 Å². The lowest BCUT2D eigenvalue weighted by Gasteiger charge is -2.30. The van der Waals surface area contributed by atoms with Gasteiger partial charge in [-0.3, -0.25) is 4.79 Å². The summed E-state index contributed by atoms with van der Waals surface area (Å²) in [5.74, 6) is -0.492. The van der Waals surface area contributed by atoms with Gasteiger partial charge < -0.3 is 14.4 Å². The summed E-state index contributed by atoms with van der Waals surface area (Å²) >= 11 is 0. The number of rotatable bonds is 5. The Morgan fingerprint density at radius 2 is 1.93 bits per heavy atom. The maximum Gasteiger partial charge on any atom is 0.338 e. The van der Waals surface area contributed by atoms with E-state index in [1.807, 2.05) is 0 Å². The highest BCUT2D eigenvalue weighted by Gasteiger charge is 2.29. The third-order valence-corrected chi connectivity index (χ3v) is 7.39. The fourth-order valence-corrected chi connectivity index (χ4v) is 5.31. The fourth-order valence-electron chi connectivity index (χ4n) is 3.65. The Kier molecular flexibility index (Phi) is 6.92. The second kappa shape index (κ2) is 9.23. The summed E-state index contributed by atoms with van der Waals surface area (Å²) in [7, 11) is -3.73. The van der Waals surface area contributed by atoms with Crippen molar-refractivity contribution in [3.05, 3.63) is 29.3 Å². The molecule has 2 aliphatic rings. The van der Waals surface area contributed by atoms with Gasteiger partial charge in [-0.15, -0.1) is 0 Å². The zero-order valence-electron chi connectivity index (χ0n) is 16.9. The molecule has 8 nitrogen and oxygen atoms in total. The number of esters is 1. The number of carbonyl (C=O) groups excluding carboxylic acids is 2. The van der Waals surface area contributed by atoms with Gasteiger partial charge >= 0.3 is 5.97 Å². The number of sulfonamides is 1. The minimum atomic E-state index is -3.73. The van der Waals surface area contributed by atoms with Gasteiger partial charge in [0.05, 0.1) is 23.7 Å². The average Bonchev–Trinajstić information content (AvgIpc) is 2.72. The molecule has 0 saturated carbocycles. The van der Waals surface area contributed by atoms with Crippen LogP contribution in [0.4, 0.5) is 0 Å². The van der Waals surface area contributed by atoms with Gasteiger partial charge in [-0.25, -0.2) is 13.2 Å². The smallest absolute Gasteiger partial charge is 0.338 e. The van der Waals surface area contributed by atoms with Gasteiger partial charge in [0, 0.05) is 26.2 Å². The van der Waals surface area contributed by atoms with E-state index in [2.05, 4.69) is 6.92 Å². The number of piperidine rings is 1. The molecule has 1 aromatic carbocycles. The quantitative estimate of drug-likeness (QED) is 0.664. The third kappa shape index (κ3) is 5.15. The summed E-state index contributed by atoms with van der Waals surface area (Å²) in [4.78, 5) is 26.5. The van der Waals surface area contributed by atoms with Crippen LogP contribution in [0, 0.1) is 12.8 Å². The standard InChI is InChI=1S/C20H28N2O6S/c1-15-4-3-7-21(13-15)19(23)14-28-20(24)17-6-5-16(2)18(12-17)29(25,26)22-8-10-27-11-9-22/h5-6,12,15H,3-4,7-11,13-14H2,1-2H3/t15-/m1/s1. The Morgan fingerprint density at radius 1 is 1.21 bits per heavy atom. The van der Waals surface area contributed by atoms with E-state index < -0.39 is 16.0 Å². The number of morpholine rings is 1. The molecule has 0 aliphatic carbocycles. The van der Waals surface area contributed by atoms with Crippen LogP contribution >= 0.6 is 0 Å². The summed E-state index contributed by atoms with van der Waals surface area (Å²) in [6, 6.07) is 4.43. The van der Waals surface area contributed by atoms with Gasteiger partial charge in [0.15, 0.2) is 6.61 Å². The van der Waals surface area contributed by atoms with Gasteiger partial charge in [0.2, 0.25) is 10.0 Å². The normalized spacial score (nSPS) is 21.0. The van der Waals surface area contributed by atoms with E-state index in [0.29, 0.717) is 37.8 Å². The van der Waals surface area contributed by atoms with Gasteiger partial charge in [-0.2, -0.15) is 4.31 Å².